The largest absolute Gasteiger partial charge is 0.370 e. The van der Waals surface area contributed by atoms with Gasteiger partial charge in [0.05, 0.1) is 12.7 Å². The number of amides is 1. The SMILES string of the molecule is NC(=O)CCn1c(C2CC2)nn(CN2CCN(C(c3ccccc3)c3ccccc3)CC2)c1=S. The highest BCUT2D eigenvalue weighted by molar-refractivity contribution is 7.71. The zero-order chi connectivity index (χ0) is 23.5. The molecule has 0 unspecified atom stereocenters. The van der Waals surface area contributed by atoms with Crippen LogP contribution in [0.1, 0.15) is 48.2 Å². The average molecular weight is 477 g/mol. The number of nitrogens with zero attached hydrogens (tertiary/aromatic N) is 5. The van der Waals surface area contributed by atoms with Crippen LogP contribution in [0.15, 0.2) is 60.7 Å². The number of rotatable bonds is 9. The number of benzene rings is 2. The first kappa shape index (κ1) is 23.0. The lowest BCUT2D eigenvalue weighted by atomic mass is 9.96. The summed E-state index contributed by atoms with van der Waals surface area (Å²) in [5.41, 5.74) is 8.03. The van der Waals surface area contributed by atoms with Crippen LogP contribution < -0.4 is 5.73 Å². The number of hydrogen-bond acceptors (Lipinski definition) is 5. The van der Waals surface area contributed by atoms with E-state index in [1.807, 2.05) is 9.25 Å². The van der Waals surface area contributed by atoms with Crippen molar-refractivity contribution in [2.45, 2.75) is 44.4 Å². The van der Waals surface area contributed by atoms with Gasteiger partial charge in [0.1, 0.15) is 5.82 Å². The first-order chi connectivity index (χ1) is 16.6. The number of carbonyl (C=O) groups is 1. The number of primary amides is 1. The number of nitrogens with two attached hydrogens (primary N) is 1. The van der Waals surface area contributed by atoms with Gasteiger partial charge in [0, 0.05) is 45.1 Å². The molecule has 34 heavy (non-hydrogen) atoms. The standard InChI is InChI=1S/C26H32N6OS/c27-23(33)13-14-31-25(22-11-12-22)28-32(26(31)34)19-29-15-17-30(18-16-29)24(20-7-3-1-4-8-20)21-9-5-2-6-10-21/h1-10,22,24H,11-19H2,(H2,27,33). The van der Waals surface area contributed by atoms with Crippen molar-refractivity contribution in [3.8, 4) is 0 Å². The lowest BCUT2D eigenvalue weighted by Crippen LogP contribution is -2.48. The molecule has 1 amide bonds. The molecule has 0 radical (unpaired) electrons. The van der Waals surface area contributed by atoms with E-state index in [1.54, 1.807) is 0 Å². The number of piperazine rings is 1. The van der Waals surface area contributed by atoms with Crippen LogP contribution >= 0.6 is 12.2 Å². The van der Waals surface area contributed by atoms with Crippen molar-refractivity contribution in [2.75, 3.05) is 26.2 Å². The minimum Gasteiger partial charge on any atom is -0.370 e. The molecular weight excluding hydrogens is 444 g/mol. The molecule has 0 spiro atoms. The highest BCUT2D eigenvalue weighted by atomic mass is 32.1. The third-order valence-electron chi connectivity index (χ3n) is 6.81. The summed E-state index contributed by atoms with van der Waals surface area (Å²) < 4.78 is 4.65. The molecule has 2 N–H and O–H groups in total. The van der Waals surface area contributed by atoms with Crippen LogP contribution in [0.3, 0.4) is 0 Å². The Morgan fingerprint density at radius 1 is 0.971 bits per heavy atom. The first-order valence-electron chi connectivity index (χ1n) is 12.1. The molecule has 0 bridgehead atoms. The van der Waals surface area contributed by atoms with Crippen LogP contribution in [0, 0.1) is 4.77 Å². The summed E-state index contributed by atoms with van der Waals surface area (Å²) >= 11 is 5.75. The predicted molar refractivity (Wildman–Crippen MR) is 135 cm³/mol. The zero-order valence-corrected chi connectivity index (χ0v) is 20.2. The van der Waals surface area contributed by atoms with Crippen LogP contribution in [0.25, 0.3) is 0 Å². The Balaban J connectivity index is 1.28. The lowest BCUT2D eigenvalue weighted by molar-refractivity contribution is -0.118. The molecular formula is C26H32N6OS. The van der Waals surface area contributed by atoms with E-state index in [-0.39, 0.29) is 11.9 Å². The van der Waals surface area contributed by atoms with Crippen molar-refractivity contribution in [3.63, 3.8) is 0 Å². The molecule has 1 saturated heterocycles. The van der Waals surface area contributed by atoms with Gasteiger partial charge in [-0.3, -0.25) is 14.6 Å². The maximum atomic E-state index is 11.3. The summed E-state index contributed by atoms with van der Waals surface area (Å²) in [6.45, 7) is 5.04. The molecule has 1 aliphatic carbocycles. The molecule has 5 rings (SSSR count). The Hall–Kier alpha value is -2.81. The first-order valence-corrected chi connectivity index (χ1v) is 12.5. The van der Waals surface area contributed by atoms with Crippen molar-refractivity contribution in [2.24, 2.45) is 5.73 Å². The Bertz CT molecular complexity index is 1120. The van der Waals surface area contributed by atoms with Crippen LogP contribution in [0.2, 0.25) is 0 Å². The van der Waals surface area contributed by atoms with Crippen molar-refractivity contribution in [1.29, 1.82) is 0 Å². The van der Waals surface area contributed by atoms with Crippen LogP contribution in [-0.2, 0) is 18.0 Å². The highest BCUT2D eigenvalue weighted by Gasteiger charge is 2.31. The van der Waals surface area contributed by atoms with E-state index in [0.29, 0.717) is 30.3 Å². The van der Waals surface area contributed by atoms with E-state index < -0.39 is 0 Å². The fourth-order valence-electron chi connectivity index (χ4n) is 4.86. The minimum absolute atomic E-state index is 0.251. The van der Waals surface area contributed by atoms with Gasteiger partial charge in [-0.1, -0.05) is 60.7 Å². The van der Waals surface area contributed by atoms with Crippen LogP contribution in [0.4, 0.5) is 0 Å². The van der Waals surface area contributed by atoms with E-state index >= 15 is 0 Å². The maximum absolute atomic E-state index is 11.3. The second-order valence-corrected chi connectivity index (χ2v) is 9.67. The van der Waals surface area contributed by atoms with E-state index in [2.05, 4.69) is 70.5 Å². The average Bonchev–Trinajstić information content (AvgIpc) is 3.66. The number of carbonyl (C=O) groups excluding carboxylic acids is 1. The van der Waals surface area contributed by atoms with Gasteiger partial charge in [-0.05, 0) is 36.2 Å². The van der Waals surface area contributed by atoms with Crippen molar-refractivity contribution < 1.29 is 4.79 Å². The predicted octanol–water partition coefficient (Wildman–Crippen LogP) is 3.53. The van der Waals surface area contributed by atoms with E-state index in [0.717, 1.165) is 44.8 Å². The lowest BCUT2D eigenvalue weighted by Gasteiger charge is -2.39. The molecule has 2 aliphatic rings. The van der Waals surface area contributed by atoms with Gasteiger partial charge in [0.25, 0.3) is 0 Å². The normalized spacial score (nSPS) is 17.3. The van der Waals surface area contributed by atoms with E-state index in [4.69, 9.17) is 23.1 Å². The minimum atomic E-state index is -0.307. The smallest absolute Gasteiger partial charge is 0.219 e. The summed E-state index contributed by atoms with van der Waals surface area (Å²) in [6, 6.07) is 21.8. The Kier molecular flexibility index (Phi) is 6.89. The summed E-state index contributed by atoms with van der Waals surface area (Å²) in [4.78, 5) is 16.3. The second kappa shape index (κ2) is 10.2. The monoisotopic (exact) mass is 476 g/mol. The fourth-order valence-corrected chi connectivity index (χ4v) is 5.15. The molecule has 2 fully saturated rings. The third kappa shape index (κ3) is 5.14. The summed E-state index contributed by atoms with van der Waals surface area (Å²) in [7, 11) is 0. The van der Waals surface area contributed by atoms with Crippen molar-refractivity contribution in [1.82, 2.24) is 24.1 Å². The molecule has 1 aliphatic heterocycles. The molecule has 0 atom stereocenters. The molecule has 2 heterocycles. The molecule has 1 saturated carbocycles. The van der Waals surface area contributed by atoms with E-state index in [9.17, 15) is 4.79 Å². The van der Waals surface area contributed by atoms with Gasteiger partial charge < -0.3 is 10.3 Å². The molecule has 2 aromatic carbocycles. The number of aromatic nitrogens is 3. The molecule has 8 heteroatoms. The quantitative estimate of drug-likeness (QED) is 0.479. The molecule has 1 aromatic heterocycles. The molecule has 178 valence electrons. The van der Waals surface area contributed by atoms with E-state index in [1.165, 1.54) is 11.1 Å². The Labute approximate surface area is 205 Å². The zero-order valence-electron chi connectivity index (χ0n) is 19.4. The summed E-state index contributed by atoms with van der Waals surface area (Å²) in [5.74, 6) is 1.17. The van der Waals surface area contributed by atoms with Gasteiger partial charge >= 0.3 is 0 Å². The van der Waals surface area contributed by atoms with Gasteiger partial charge in [0.15, 0.2) is 4.77 Å². The number of hydrogen-bond donors (Lipinski definition) is 1. The Morgan fingerprint density at radius 2 is 1.56 bits per heavy atom. The van der Waals surface area contributed by atoms with Gasteiger partial charge in [-0.2, -0.15) is 5.10 Å². The molecule has 3 aromatic rings. The van der Waals surface area contributed by atoms with Crippen LogP contribution in [0.5, 0.6) is 0 Å². The van der Waals surface area contributed by atoms with Gasteiger partial charge in [-0.15, -0.1) is 0 Å². The second-order valence-electron chi connectivity index (χ2n) is 9.30. The topological polar surface area (TPSA) is 72.3 Å². The maximum Gasteiger partial charge on any atom is 0.219 e. The van der Waals surface area contributed by atoms with Crippen molar-refractivity contribution >= 4 is 18.1 Å². The third-order valence-corrected chi connectivity index (χ3v) is 7.24. The van der Waals surface area contributed by atoms with Crippen LogP contribution in [-0.4, -0.2) is 56.2 Å². The molecule has 7 nitrogen and oxygen atoms in total. The fraction of sp³-hybridized carbons (Fsp3) is 0.423. The van der Waals surface area contributed by atoms with Crippen molar-refractivity contribution in [3.05, 3.63) is 82.4 Å². The summed E-state index contributed by atoms with van der Waals surface area (Å²) in [6.07, 6.45) is 2.57. The highest BCUT2D eigenvalue weighted by Crippen LogP contribution is 2.39. The van der Waals surface area contributed by atoms with Gasteiger partial charge in [0.2, 0.25) is 5.91 Å². The Morgan fingerprint density at radius 3 is 2.09 bits per heavy atom. The summed E-state index contributed by atoms with van der Waals surface area (Å²) in [5, 5.41) is 4.86. The van der Waals surface area contributed by atoms with Gasteiger partial charge in [-0.25, -0.2) is 4.68 Å².